The minimum absolute atomic E-state index is 0.00451. The van der Waals surface area contributed by atoms with Crippen LogP contribution in [-0.4, -0.2) is 59.6 Å². The lowest BCUT2D eigenvalue weighted by Crippen LogP contribution is -2.31. The molecule has 0 atom stereocenters. The highest BCUT2D eigenvalue weighted by Gasteiger charge is 2.29. The second-order valence-electron chi connectivity index (χ2n) is 8.36. The zero-order chi connectivity index (χ0) is 27.2. The van der Waals surface area contributed by atoms with Gasteiger partial charge in [0.1, 0.15) is 6.61 Å². The maximum atomic E-state index is 11.9. The van der Waals surface area contributed by atoms with Crippen LogP contribution in [0.4, 0.5) is 4.79 Å². The van der Waals surface area contributed by atoms with Gasteiger partial charge < -0.3 is 25.6 Å². The van der Waals surface area contributed by atoms with Gasteiger partial charge in [-0.25, -0.2) is 4.79 Å². The molecule has 1 aliphatic carbocycles. The Morgan fingerprint density at radius 3 is 1.89 bits per heavy atom. The summed E-state index contributed by atoms with van der Waals surface area (Å²) in [5, 5.41) is 21.6. The van der Waals surface area contributed by atoms with Gasteiger partial charge in [-0.2, -0.15) is 0 Å². The van der Waals surface area contributed by atoms with Crippen molar-refractivity contribution in [3.63, 3.8) is 0 Å². The number of alkyl carbamates (subject to hydrolysis) is 1. The van der Waals surface area contributed by atoms with Crippen molar-refractivity contribution in [2.24, 2.45) is 0 Å². The number of nitrogens with one attached hydrogen (secondary N) is 2. The first-order valence-corrected chi connectivity index (χ1v) is 12.0. The molecule has 0 fully saturated rings. The lowest BCUT2D eigenvalue weighted by molar-refractivity contribution is -0.138. The minimum Gasteiger partial charge on any atom is -0.481 e. The summed E-state index contributed by atoms with van der Waals surface area (Å²) in [6.45, 7) is 2.07. The predicted octanol–water partition coefficient (Wildman–Crippen LogP) is 3.34. The number of carboxylic acids is 2. The van der Waals surface area contributed by atoms with Crippen LogP contribution in [0, 0.1) is 0 Å². The number of benzene rings is 2. The highest BCUT2D eigenvalue weighted by Crippen LogP contribution is 2.44. The summed E-state index contributed by atoms with van der Waals surface area (Å²) in [7, 11) is 0. The summed E-state index contributed by atoms with van der Waals surface area (Å²) in [4.78, 5) is 54.5. The van der Waals surface area contributed by atoms with Crippen molar-refractivity contribution >= 4 is 29.7 Å². The number of carbonyl (C=O) groups excluding carboxylic acids is 3. The van der Waals surface area contributed by atoms with Gasteiger partial charge in [0.25, 0.3) is 0 Å². The number of ether oxygens (including phenoxy) is 1. The van der Waals surface area contributed by atoms with Crippen LogP contribution in [0.15, 0.2) is 48.5 Å². The molecule has 1 aliphatic rings. The molecule has 3 rings (SSSR count). The molecule has 0 unspecified atom stereocenters. The zero-order valence-corrected chi connectivity index (χ0v) is 20.7. The molecule has 0 saturated heterocycles. The first-order chi connectivity index (χ1) is 17.7. The van der Waals surface area contributed by atoms with E-state index >= 15 is 0 Å². The predicted molar refractivity (Wildman–Crippen MR) is 135 cm³/mol. The molecule has 2 aromatic carbocycles. The minimum atomic E-state index is -1.04. The van der Waals surface area contributed by atoms with Crippen LogP contribution in [0.25, 0.3) is 11.1 Å². The third-order valence-corrected chi connectivity index (χ3v) is 5.53. The highest BCUT2D eigenvalue weighted by atomic mass is 16.5. The highest BCUT2D eigenvalue weighted by molar-refractivity contribution is 5.86. The monoisotopic (exact) mass is 512 g/mol. The molecule has 0 spiro atoms. The number of hydrogen-bond donors (Lipinski definition) is 4. The fourth-order valence-electron chi connectivity index (χ4n) is 3.78. The molecule has 0 saturated carbocycles. The summed E-state index contributed by atoms with van der Waals surface area (Å²) in [5.41, 5.74) is 4.50. The van der Waals surface area contributed by atoms with Crippen molar-refractivity contribution in [1.29, 1.82) is 0 Å². The van der Waals surface area contributed by atoms with Gasteiger partial charge in [-0.15, -0.1) is 0 Å². The smallest absolute Gasteiger partial charge is 0.407 e. The van der Waals surface area contributed by atoms with Gasteiger partial charge in [-0.05, 0) is 28.7 Å². The zero-order valence-electron chi connectivity index (χ0n) is 20.7. The van der Waals surface area contributed by atoms with Crippen LogP contribution in [0.1, 0.15) is 56.1 Å². The van der Waals surface area contributed by atoms with Crippen LogP contribution >= 0.6 is 0 Å². The van der Waals surface area contributed by atoms with E-state index in [0.29, 0.717) is 6.42 Å². The Balaban J connectivity index is 0.000000371. The van der Waals surface area contributed by atoms with Gasteiger partial charge in [0, 0.05) is 25.3 Å². The molecule has 0 radical (unpaired) electrons. The average Bonchev–Trinajstić information content (AvgIpc) is 3.19. The fraction of sp³-hybridized carbons (Fsp3) is 0.370. The fourth-order valence-corrected chi connectivity index (χ4v) is 3.78. The second-order valence-corrected chi connectivity index (χ2v) is 8.36. The normalized spacial score (nSPS) is 11.3. The molecule has 0 aliphatic heterocycles. The largest absolute Gasteiger partial charge is 0.481 e. The van der Waals surface area contributed by atoms with Gasteiger partial charge in [0.15, 0.2) is 5.78 Å². The number of aliphatic carboxylic acids is 2. The van der Waals surface area contributed by atoms with E-state index in [-0.39, 0.29) is 56.6 Å². The van der Waals surface area contributed by atoms with E-state index in [1.165, 1.54) is 0 Å². The Kier molecular flexibility index (Phi) is 11.8. The van der Waals surface area contributed by atoms with Crippen LogP contribution < -0.4 is 10.6 Å². The number of carboxylic acid groups (broad SMARTS) is 2. The summed E-state index contributed by atoms with van der Waals surface area (Å²) in [6.07, 6.45) is 0.216. The molecule has 2 aromatic rings. The van der Waals surface area contributed by atoms with Gasteiger partial charge in [0.2, 0.25) is 5.91 Å². The molecular formula is C27H32N2O8. The Hall–Kier alpha value is -4.21. The average molecular weight is 513 g/mol. The van der Waals surface area contributed by atoms with Crippen molar-refractivity contribution in [2.75, 3.05) is 19.7 Å². The van der Waals surface area contributed by atoms with E-state index in [9.17, 15) is 24.0 Å². The number of rotatable bonds is 12. The molecular weight excluding hydrogens is 480 g/mol. The Bertz CT molecular complexity index is 1070. The lowest BCUT2D eigenvalue weighted by atomic mass is 9.98. The molecule has 0 bridgehead atoms. The van der Waals surface area contributed by atoms with Crippen molar-refractivity contribution in [1.82, 2.24) is 10.6 Å². The Morgan fingerprint density at radius 1 is 0.784 bits per heavy atom. The maximum absolute atomic E-state index is 11.9. The number of Topliss-reactive ketones (excluding diaryl/α,β-unsaturated/α-hetero) is 1. The second kappa shape index (κ2) is 15.0. The van der Waals surface area contributed by atoms with Crippen molar-refractivity contribution in [3.8, 4) is 11.1 Å². The third-order valence-electron chi connectivity index (χ3n) is 5.53. The standard InChI is InChI=1S/C20H19NO5.C7H13NO3/c22-13(9-10-19(23)24)11-21-20(25)26-12-18-16-7-3-1-5-14(16)15-6-2-4-8-17(15)18;1-2-3-6(9)8-5-4-7(10)11/h1-8,18H,9-12H2,(H,21,25)(H,23,24);2-5H2,1H3,(H,8,9)(H,10,11). The number of ketones is 1. The molecule has 198 valence electrons. The van der Waals surface area contributed by atoms with Gasteiger partial charge in [0.05, 0.1) is 19.4 Å². The van der Waals surface area contributed by atoms with Gasteiger partial charge in [-0.3, -0.25) is 19.2 Å². The van der Waals surface area contributed by atoms with E-state index in [4.69, 9.17) is 14.9 Å². The van der Waals surface area contributed by atoms with E-state index in [2.05, 4.69) is 22.8 Å². The quantitative estimate of drug-likeness (QED) is 0.337. The van der Waals surface area contributed by atoms with Gasteiger partial charge in [-0.1, -0.05) is 55.5 Å². The Morgan fingerprint density at radius 2 is 1.35 bits per heavy atom. The molecule has 37 heavy (non-hydrogen) atoms. The molecule has 0 aromatic heterocycles. The van der Waals surface area contributed by atoms with E-state index < -0.39 is 18.0 Å². The van der Waals surface area contributed by atoms with Crippen LogP contribution in [-0.2, 0) is 23.9 Å². The summed E-state index contributed by atoms with van der Waals surface area (Å²) >= 11 is 0. The molecule has 10 nitrogen and oxygen atoms in total. The number of carbonyl (C=O) groups is 5. The summed E-state index contributed by atoms with van der Waals surface area (Å²) < 4.78 is 5.30. The number of amides is 2. The van der Waals surface area contributed by atoms with Crippen molar-refractivity contribution < 1.29 is 38.9 Å². The van der Waals surface area contributed by atoms with Crippen molar-refractivity contribution in [3.05, 3.63) is 59.7 Å². The van der Waals surface area contributed by atoms with E-state index in [1.54, 1.807) is 0 Å². The number of fused-ring (bicyclic) bond motifs is 3. The number of hydrogen-bond acceptors (Lipinski definition) is 6. The van der Waals surface area contributed by atoms with E-state index in [1.807, 2.05) is 43.3 Å². The molecule has 2 amide bonds. The molecule has 0 heterocycles. The molecule has 4 N–H and O–H groups in total. The van der Waals surface area contributed by atoms with Crippen LogP contribution in [0.3, 0.4) is 0 Å². The topological polar surface area (TPSA) is 159 Å². The first-order valence-electron chi connectivity index (χ1n) is 12.0. The van der Waals surface area contributed by atoms with Gasteiger partial charge >= 0.3 is 18.0 Å². The van der Waals surface area contributed by atoms with Crippen molar-refractivity contribution in [2.45, 2.75) is 44.9 Å². The van der Waals surface area contributed by atoms with E-state index in [0.717, 1.165) is 28.7 Å². The maximum Gasteiger partial charge on any atom is 0.407 e. The summed E-state index contributed by atoms with van der Waals surface area (Å²) in [5.74, 6) is -2.40. The SMILES string of the molecule is CCCC(=O)NCCC(=O)O.O=C(O)CCC(=O)CNC(=O)OCC1c2ccccc2-c2ccccc21. The third kappa shape index (κ3) is 9.75. The molecule has 10 heteroatoms. The van der Waals surface area contributed by atoms with Crippen LogP contribution in [0.5, 0.6) is 0 Å². The lowest BCUT2D eigenvalue weighted by Gasteiger charge is -2.14. The first kappa shape index (κ1) is 29.0. The van der Waals surface area contributed by atoms with Crippen LogP contribution in [0.2, 0.25) is 0 Å². The summed E-state index contributed by atoms with van der Waals surface area (Å²) in [6, 6.07) is 16.0. The Labute approximate surface area is 215 Å².